The summed E-state index contributed by atoms with van der Waals surface area (Å²) < 4.78 is 40.0. The minimum Gasteiger partial charge on any atom is -0.497 e. The van der Waals surface area contributed by atoms with E-state index < -0.39 is 33.4 Å². The first-order valence-electron chi connectivity index (χ1n) is 15.6. The number of sulfonamides is 1. The van der Waals surface area contributed by atoms with Gasteiger partial charge in [0.05, 0.1) is 29.7 Å². The normalized spacial score (nSPS) is 14.1. The van der Waals surface area contributed by atoms with Gasteiger partial charge in [-0.3, -0.25) is 24.0 Å². The van der Waals surface area contributed by atoms with Crippen LogP contribution in [-0.2, 0) is 26.2 Å². The first-order chi connectivity index (χ1) is 22.5. The molecule has 0 aliphatic heterocycles. The molecule has 1 N–H and O–H groups in total. The van der Waals surface area contributed by atoms with Crippen molar-refractivity contribution in [1.82, 2.24) is 10.2 Å². The number of hydrogen-bond donors (Lipinski definition) is 1. The Morgan fingerprint density at radius 1 is 0.979 bits per heavy atom. The molecule has 0 saturated heterocycles. The Morgan fingerprint density at radius 3 is 2.28 bits per heavy atom. The number of methoxy groups -OCH3 is 2. The lowest BCUT2D eigenvalue weighted by molar-refractivity contribution is -0.385. The molecule has 13 heteroatoms. The third-order valence-electron chi connectivity index (χ3n) is 8.43. The lowest BCUT2D eigenvalue weighted by Gasteiger charge is -2.34. The largest absolute Gasteiger partial charge is 0.497 e. The van der Waals surface area contributed by atoms with Crippen LogP contribution in [0.5, 0.6) is 11.5 Å². The molecule has 12 nitrogen and oxygen atoms in total. The van der Waals surface area contributed by atoms with Crippen molar-refractivity contribution in [1.29, 1.82) is 0 Å². The second-order valence-electron chi connectivity index (χ2n) is 11.6. The van der Waals surface area contributed by atoms with Crippen LogP contribution in [0.15, 0.2) is 71.6 Å². The highest BCUT2D eigenvalue weighted by atomic mass is 32.2. The average Bonchev–Trinajstić information content (AvgIpc) is 3.07. The SMILES string of the molecule is CCC(C(=O)NC1CCCCC1)N(Cc1cccc(OC)c1)C(=O)CN(c1ccc(OC)cc1)S(=O)(=O)c1ccc(C)c([N+](=O)[O-])c1. The zero-order valence-corrected chi connectivity index (χ0v) is 28.0. The van der Waals surface area contributed by atoms with Crippen LogP contribution in [0.2, 0.25) is 0 Å². The van der Waals surface area contributed by atoms with Crippen LogP contribution >= 0.6 is 0 Å². The number of benzene rings is 3. The Balaban J connectivity index is 1.76. The summed E-state index contributed by atoms with van der Waals surface area (Å²) in [4.78, 5) is 40.2. The van der Waals surface area contributed by atoms with E-state index in [-0.39, 0.29) is 41.2 Å². The van der Waals surface area contributed by atoms with Gasteiger partial charge in [-0.05, 0) is 74.2 Å². The van der Waals surface area contributed by atoms with Gasteiger partial charge in [0.1, 0.15) is 24.1 Å². The molecule has 1 aliphatic carbocycles. The van der Waals surface area contributed by atoms with Crippen molar-refractivity contribution in [3.8, 4) is 11.5 Å². The van der Waals surface area contributed by atoms with Crippen LogP contribution < -0.4 is 19.1 Å². The quantitative estimate of drug-likeness (QED) is 0.178. The Hall–Kier alpha value is -4.65. The maximum atomic E-state index is 14.4. The van der Waals surface area contributed by atoms with E-state index in [9.17, 15) is 28.1 Å². The summed E-state index contributed by atoms with van der Waals surface area (Å²) in [7, 11) is -1.51. The Labute approximate surface area is 275 Å². The van der Waals surface area contributed by atoms with Gasteiger partial charge in [0.25, 0.3) is 15.7 Å². The predicted molar refractivity (Wildman–Crippen MR) is 178 cm³/mol. The zero-order valence-electron chi connectivity index (χ0n) is 27.2. The molecule has 0 bridgehead atoms. The summed E-state index contributed by atoms with van der Waals surface area (Å²) in [5.41, 5.74) is 0.760. The maximum absolute atomic E-state index is 14.4. The molecule has 0 aromatic heterocycles. The van der Waals surface area contributed by atoms with E-state index >= 15 is 0 Å². The highest BCUT2D eigenvalue weighted by Gasteiger charge is 2.35. The van der Waals surface area contributed by atoms with Crippen LogP contribution in [0.4, 0.5) is 11.4 Å². The second-order valence-corrected chi connectivity index (χ2v) is 13.4. The molecule has 252 valence electrons. The van der Waals surface area contributed by atoms with Gasteiger partial charge in [-0.15, -0.1) is 0 Å². The van der Waals surface area contributed by atoms with Crippen LogP contribution in [0.1, 0.15) is 56.6 Å². The van der Waals surface area contributed by atoms with Crippen LogP contribution in [0, 0.1) is 17.0 Å². The number of nitro benzene ring substituents is 1. The molecule has 1 atom stereocenters. The van der Waals surface area contributed by atoms with Gasteiger partial charge in [-0.2, -0.15) is 0 Å². The fraction of sp³-hybridized carbons (Fsp3) is 0.412. The molecule has 0 radical (unpaired) electrons. The lowest BCUT2D eigenvalue weighted by Crippen LogP contribution is -2.54. The van der Waals surface area contributed by atoms with Gasteiger partial charge in [-0.25, -0.2) is 8.42 Å². The first-order valence-corrected chi connectivity index (χ1v) is 17.1. The van der Waals surface area contributed by atoms with E-state index in [1.54, 1.807) is 43.3 Å². The van der Waals surface area contributed by atoms with Crippen LogP contribution in [-0.4, -0.2) is 62.9 Å². The van der Waals surface area contributed by atoms with E-state index in [2.05, 4.69) is 5.32 Å². The summed E-state index contributed by atoms with van der Waals surface area (Å²) in [5.74, 6) is 0.106. The van der Waals surface area contributed by atoms with Crippen molar-refractivity contribution in [2.75, 3.05) is 25.1 Å². The van der Waals surface area contributed by atoms with E-state index in [0.29, 0.717) is 22.6 Å². The number of nitro groups is 1. The summed E-state index contributed by atoms with van der Waals surface area (Å²) >= 11 is 0. The summed E-state index contributed by atoms with van der Waals surface area (Å²) in [6.07, 6.45) is 5.15. The number of carbonyl (C=O) groups excluding carboxylic acids is 2. The van der Waals surface area contributed by atoms with Crippen LogP contribution in [0.3, 0.4) is 0 Å². The number of nitrogens with one attached hydrogen (secondary N) is 1. The Morgan fingerprint density at radius 2 is 1.66 bits per heavy atom. The first kappa shape index (κ1) is 35.2. The monoisotopic (exact) mass is 666 g/mol. The number of anilines is 1. The van der Waals surface area contributed by atoms with E-state index in [1.807, 2.05) is 0 Å². The summed E-state index contributed by atoms with van der Waals surface area (Å²) in [6, 6.07) is 15.9. The van der Waals surface area contributed by atoms with Crippen molar-refractivity contribution >= 4 is 33.2 Å². The number of amides is 2. The third kappa shape index (κ3) is 8.59. The molecule has 4 rings (SSSR count). The molecule has 2 amide bonds. The summed E-state index contributed by atoms with van der Waals surface area (Å²) in [6.45, 7) is 2.66. The number of nitrogens with zero attached hydrogens (tertiary/aromatic N) is 3. The molecule has 0 spiro atoms. The number of rotatable bonds is 14. The van der Waals surface area contributed by atoms with Crippen molar-refractivity contribution in [2.24, 2.45) is 0 Å². The minimum absolute atomic E-state index is 0.00701. The lowest BCUT2D eigenvalue weighted by atomic mass is 9.95. The second kappa shape index (κ2) is 15.8. The highest BCUT2D eigenvalue weighted by Crippen LogP contribution is 2.30. The van der Waals surface area contributed by atoms with Gasteiger partial charge in [0, 0.05) is 24.2 Å². The molecular weight excluding hydrogens is 624 g/mol. The smallest absolute Gasteiger partial charge is 0.273 e. The number of aryl methyl sites for hydroxylation is 1. The van der Waals surface area contributed by atoms with Crippen molar-refractivity contribution in [3.63, 3.8) is 0 Å². The van der Waals surface area contributed by atoms with E-state index in [0.717, 1.165) is 42.5 Å². The van der Waals surface area contributed by atoms with Gasteiger partial charge in [-0.1, -0.05) is 44.4 Å². The number of ether oxygens (including phenoxy) is 2. The zero-order chi connectivity index (χ0) is 34.1. The predicted octanol–water partition coefficient (Wildman–Crippen LogP) is 5.37. The highest BCUT2D eigenvalue weighted by molar-refractivity contribution is 7.92. The Kier molecular flexibility index (Phi) is 11.8. The molecule has 1 aliphatic rings. The number of carbonyl (C=O) groups is 2. The average molecular weight is 667 g/mol. The molecule has 1 saturated carbocycles. The van der Waals surface area contributed by atoms with Gasteiger partial charge < -0.3 is 19.7 Å². The molecule has 3 aromatic rings. The molecule has 0 heterocycles. The fourth-order valence-corrected chi connectivity index (χ4v) is 7.22. The standard InChI is InChI=1S/C34H42N4O8S/c1-5-31(34(40)35-26-11-7-6-8-12-26)36(22-25-10-9-13-29(20-25)46-4)33(39)23-37(27-15-17-28(45-3)18-16-27)47(43,44)30-19-14-24(2)32(21-30)38(41)42/h9-10,13-21,26,31H,5-8,11-12,22-23H2,1-4H3,(H,35,40). The minimum atomic E-state index is -4.51. The molecule has 3 aromatic carbocycles. The molecule has 1 unspecified atom stereocenters. The Bertz CT molecular complexity index is 1670. The van der Waals surface area contributed by atoms with E-state index in [4.69, 9.17) is 9.47 Å². The fourth-order valence-electron chi connectivity index (χ4n) is 5.78. The van der Waals surface area contributed by atoms with Crippen molar-refractivity contribution in [2.45, 2.75) is 75.9 Å². The van der Waals surface area contributed by atoms with Crippen molar-refractivity contribution in [3.05, 3.63) is 88.0 Å². The van der Waals surface area contributed by atoms with Gasteiger partial charge in [0.15, 0.2) is 0 Å². The third-order valence-corrected chi connectivity index (χ3v) is 10.2. The van der Waals surface area contributed by atoms with Crippen molar-refractivity contribution < 1.29 is 32.4 Å². The molecular formula is C34H42N4O8S. The number of hydrogen-bond acceptors (Lipinski definition) is 8. The summed E-state index contributed by atoms with van der Waals surface area (Å²) in [5, 5.41) is 14.8. The topological polar surface area (TPSA) is 148 Å². The molecule has 47 heavy (non-hydrogen) atoms. The molecule has 1 fully saturated rings. The van der Waals surface area contributed by atoms with Gasteiger partial charge in [0.2, 0.25) is 11.8 Å². The maximum Gasteiger partial charge on any atom is 0.273 e. The van der Waals surface area contributed by atoms with Crippen LogP contribution in [0.25, 0.3) is 0 Å². The van der Waals surface area contributed by atoms with E-state index in [1.165, 1.54) is 50.3 Å². The van der Waals surface area contributed by atoms with Gasteiger partial charge >= 0.3 is 0 Å².